The van der Waals surface area contributed by atoms with Gasteiger partial charge in [0.25, 0.3) is 0 Å². The summed E-state index contributed by atoms with van der Waals surface area (Å²) in [6, 6.07) is 1.56. The van der Waals surface area contributed by atoms with E-state index in [0.717, 1.165) is 24.6 Å². The number of esters is 1. The molecule has 0 aromatic carbocycles. The van der Waals surface area contributed by atoms with E-state index in [-0.39, 0.29) is 0 Å². The number of rotatable bonds is 2. The average molecular weight is 239 g/mol. The Bertz CT molecular complexity index is 380. The Morgan fingerprint density at radius 2 is 2.25 bits per heavy atom. The van der Waals surface area contributed by atoms with Gasteiger partial charge in [0.15, 0.2) is 5.69 Å². The SMILES string of the molecule is COC(=O)c1ccnc(N2CCSCC2)n1. The molecule has 1 saturated heterocycles. The zero-order valence-electron chi connectivity index (χ0n) is 9.05. The smallest absolute Gasteiger partial charge is 0.356 e. The van der Waals surface area contributed by atoms with E-state index >= 15 is 0 Å². The monoisotopic (exact) mass is 239 g/mol. The van der Waals surface area contributed by atoms with Crippen molar-refractivity contribution in [1.82, 2.24) is 9.97 Å². The van der Waals surface area contributed by atoms with Gasteiger partial charge in [-0.1, -0.05) is 0 Å². The number of methoxy groups -OCH3 is 1. The second kappa shape index (κ2) is 5.16. The van der Waals surface area contributed by atoms with Crippen LogP contribution in [0.25, 0.3) is 0 Å². The lowest BCUT2D eigenvalue weighted by Gasteiger charge is -2.26. The van der Waals surface area contributed by atoms with Crippen molar-refractivity contribution >= 4 is 23.7 Å². The summed E-state index contributed by atoms with van der Waals surface area (Å²) in [5.41, 5.74) is 0.311. The van der Waals surface area contributed by atoms with Gasteiger partial charge in [-0.05, 0) is 6.07 Å². The molecule has 1 aromatic rings. The summed E-state index contributed by atoms with van der Waals surface area (Å²) in [6.45, 7) is 1.85. The molecule has 86 valence electrons. The van der Waals surface area contributed by atoms with E-state index in [4.69, 9.17) is 0 Å². The summed E-state index contributed by atoms with van der Waals surface area (Å²) in [6.07, 6.45) is 1.59. The quantitative estimate of drug-likeness (QED) is 0.712. The lowest BCUT2D eigenvalue weighted by Crippen LogP contribution is -2.34. The first-order valence-corrected chi connectivity index (χ1v) is 6.21. The summed E-state index contributed by atoms with van der Waals surface area (Å²) >= 11 is 1.92. The molecule has 0 saturated carbocycles. The van der Waals surface area contributed by atoms with Gasteiger partial charge in [-0.25, -0.2) is 14.8 Å². The number of carbonyl (C=O) groups excluding carboxylic acids is 1. The van der Waals surface area contributed by atoms with Crippen molar-refractivity contribution < 1.29 is 9.53 Å². The molecule has 1 aliphatic heterocycles. The van der Waals surface area contributed by atoms with Crippen LogP contribution in [0.3, 0.4) is 0 Å². The van der Waals surface area contributed by atoms with Crippen LogP contribution >= 0.6 is 11.8 Å². The fourth-order valence-electron chi connectivity index (χ4n) is 1.48. The maximum Gasteiger partial charge on any atom is 0.356 e. The largest absolute Gasteiger partial charge is 0.464 e. The Kier molecular flexibility index (Phi) is 3.61. The molecule has 0 atom stereocenters. The molecule has 1 aromatic heterocycles. The van der Waals surface area contributed by atoms with Crippen molar-refractivity contribution in [2.45, 2.75) is 0 Å². The van der Waals surface area contributed by atoms with E-state index in [1.54, 1.807) is 12.3 Å². The van der Waals surface area contributed by atoms with Crippen LogP contribution in [0.2, 0.25) is 0 Å². The number of hydrogen-bond acceptors (Lipinski definition) is 6. The van der Waals surface area contributed by atoms with Crippen LogP contribution in [-0.2, 0) is 4.74 Å². The van der Waals surface area contributed by atoms with Gasteiger partial charge in [0.05, 0.1) is 7.11 Å². The highest BCUT2D eigenvalue weighted by molar-refractivity contribution is 7.99. The molecule has 0 unspecified atom stereocenters. The molecule has 6 heteroatoms. The normalized spacial score (nSPS) is 15.9. The molecule has 0 amide bonds. The van der Waals surface area contributed by atoms with Crippen molar-refractivity contribution in [3.05, 3.63) is 18.0 Å². The molecule has 2 rings (SSSR count). The van der Waals surface area contributed by atoms with Gasteiger partial charge in [-0.15, -0.1) is 0 Å². The molecule has 2 heterocycles. The summed E-state index contributed by atoms with van der Waals surface area (Å²) in [4.78, 5) is 21.8. The first-order valence-electron chi connectivity index (χ1n) is 5.05. The van der Waals surface area contributed by atoms with Gasteiger partial charge < -0.3 is 9.64 Å². The van der Waals surface area contributed by atoms with Crippen LogP contribution in [0.15, 0.2) is 12.3 Å². The van der Waals surface area contributed by atoms with Gasteiger partial charge >= 0.3 is 5.97 Å². The van der Waals surface area contributed by atoms with Gasteiger partial charge in [-0.2, -0.15) is 11.8 Å². The van der Waals surface area contributed by atoms with Gasteiger partial charge in [0.2, 0.25) is 5.95 Å². The molecule has 0 N–H and O–H groups in total. The molecule has 0 bridgehead atoms. The van der Waals surface area contributed by atoms with Crippen LogP contribution in [-0.4, -0.2) is 47.6 Å². The summed E-state index contributed by atoms with van der Waals surface area (Å²) in [5, 5.41) is 0. The third-order valence-corrected chi connectivity index (χ3v) is 3.27. The van der Waals surface area contributed by atoms with E-state index in [9.17, 15) is 4.79 Å². The average Bonchev–Trinajstić information content (AvgIpc) is 2.39. The van der Waals surface area contributed by atoms with E-state index in [0.29, 0.717) is 11.6 Å². The lowest BCUT2D eigenvalue weighted by molar-refractivity contribution is 0.0594. The zero-order valence-corrected chi connectivity index (χ0v) is 9.87. The third kappa shape index (κ3) is 2.44. The molecule has 0 aliphatic carbocycles. The first-order chi connectivity index (χ1) is 7.81. The number of aromatic nitrogens is 2. The summed E-state index contributed by atoms with van der Waals surface area (Å²) in [5.74, 6) is 2.34. The summed E-state index contributed by atoms with van der Waals surface area (Å²) < 4.78 is 4.63. The van der Waals surface area contributed by atoms with E-state index in [1.165, 1.54) is 7.11 Å². The summed E-state index contributed by atoms with van der Waals surface area (Å²) in [7, 11) is 1.35. The standard InChI is InChI=1S/C10H13N3O2S/c1-15-9(14)8-2-3-11-10(12-8)13-4-6-16-7-5-13/h2-3H,4-7H2,1H3. The Morgan fingerprint density at radius 3 is 2.94 bits per heavy atom. The van der Waals surface area contributed by atoms with E-state index in [1.807, 2.05) is 11.8 Å². The fourth-order valence-corrected chi connectivity index (χ4v) is 2.39. The van der Waals surface area contributed by atoms with Crippen LogP contribution in [0, 0.1) is 0 Å². The maximum absolute atomic E-state index is 11.3. The van der Waals surface area contributed by atoms with E-state index < -0.39 is 5.97 Å². The first kappa shape index (κ1) is 11.2. The van der Waals surface area contributed by atoms with E-state index in [2.05, 4.69) is 19.6 Å². The van der Waals surface area contributed by atoms with Crippen LogP contribution in [0.4, 0.5) is 5.95 Å². The molecular formula is C10H13N3O2S. The predicted molar refractivity (Wildman–Crippen MR) is 62.9 cm³/mol. The topological polar surface area (TPSA) is 55.3 Å². The van der Waals surface area contributed by atoms with Gasteiger partial charge in [-0.3, -0.25) is 0 Å². The second-order valence-electron chi connectivity index (χ2n) is 3.33. The van der Waals surface area contributed by atoms with Crippen molar-refractivity contribution in [1.29, 1.82) is 0 Å². The van der Waals surface area contributed by atoms with Crippen molar-refractivity contribution in [2.24, 2.45) is 0 Å². The molecule has 0 spiro atoms. The number of ether oxygens (including phenoxy) is 1. The Labute approximate surface area is 98.2 Å². The molecule has 0 radical (unpaired) electrons. The number of carbonyl (C=O) groups is 1. The minimum absolute atomic E-state index is 0.311. The molecule has 16 heavy (non-hydrogen) atoms. The Morgan fingerprint density at radius 1 is 1.50 bits per heavy atom. The van der Waals surface area contributed by atoms with Gasteiger partial charge in [0, 0.05) is 30.8 Å². The highest BCUT2D eigenvalue weighted by atomic mass is 32.2. The number of nitrogens with zero attached hydrogens (tertiary/aromatic N) is 3. The van der Waals surface area contributed by atoms with Crippen molar-refractivity contribution in [2.75, 3.05) is 36.6 Å². The lowest BCUT2D eigenvalue weighted by atomic mass is 10.4. The minimum atomic E-state index is -0.421. The molecule has 1 fully saturated rings. The maximum atomic E-state index is 11.3. The molecule has 5 nitrogen and oxygen atoms in total. The van der Waals surface area contributed by atoms with Crippen LogP contribution in [0.1, 0.15) is 10.5 Å². The molecule has 1 aliphatic rings. The van der Waals surface area contributed by atoms with Crippen molar-refractivity contribution in [3.63, 3.8) is 0 Å². The third-order valence-electron chi connectivity index (χ3n) is 2.33. The fraction of sp³-hybridized carbons (Fsp3) is 0.500. The highest BCUT2D eigenvalue weighted by Gasteiger charge is 2.15. The van der Waals surface area contributed by atoms with Crippen LogP contribution < -0.4 is 4.90 Å². The Balaban J connectivity index is 2.17. The predicted octanol–water partition coefficient (Wildman–Crippen LogP) is 0.816. The van der Waals surface area contributed by atoms with Crippen molar-refractivity contribution in [3.8, 4) is 0 Å². The minimum Gasteiger partial charge on any atom is -0.464 e. The number of hydrogen-bond donors (Lipinski definition) is 0. The number of anilines is 1. The Hall–Kier alpha value is -1.30. The van der Waals surface area contributed by atoms with Gasteiger partial charge in [0.1, 0.15) is 0 Å². The highest BCUT2D eigenvalue weighted by Crippen LogP contribution is 2.15. The zero-order chi connectivity index (χ0) is 11.4. The number of thioether (sulfide) groups is 1. The molecular weight excluding hydrogens is 226 g/mol. The van der Waals surface area contributed by atoms with Crippen LogP contribution in [0.5, 0.6) is 0 Å². The second-order valence-corrected chi connectivity index (χ2v) is 4.56.